The minimum absolute atomic E-state index is 0.208. The van der Waals surface area contributed by atoms with Gasteiger partial charge in [0.2, 0.25) is 0 Å². The van der Waals surface area contributed by atoms with Crippen molar-refractivity contribution in [3.05, 3.63) is 34.1 Å². The van der Waals surface area contributed by atoms with Crippen LogP contribution in [-0.2, 0) is 0 Å². The minimum Gasteiger partial charge on any atom is -0.358 e. The van der Waals surface area contributed by atoms with Gasteiger partial charge < -0.3 is 5.32 Å². The molecule has 0 spiro atoms. The molecule has 0 saturated heterocycles. The van der Waals surface area contributed by atoms with Crippen LogP contribution in [0.15, 0.2) is 22.7 Å². The number of hydrazine groups is 1. The third-order valence-corrected chi connectivity index (χ3v) is 5.40. The molecule has 0 aromatic heterocycles. The lowest BCUT2D eigenvalue weighted by Gasteiger charge is -2.35. The molecule has 2 rings (SSSR count). The SMILES string of the molecule is C[C@@H]1[C@@H](C)CCC[C@H]1NC(=S)NNC(=O)c1cc(F)ccc1Br. The van der Waals surface area contributed by atoms with Crippen LogP contribution >= 0.6 is 28.1 Å². The van der Waals surface area contributed by atoms with Gasteiger partial charge in [0.25, 0.3) is 5.91 Å². The molecule has 0 bridgehead atoms. The van der Waals surface area contributed by atoms with Gasteiger partial charge >= 0.3 is 0 Å². The monoisotopic (exact) mass is 401 g/mol. The van der Waals surface area contributed by atoms with Gasteiger partial charge in [0.1, 0.15) is 5.82 Å². The molecule has 0 unspecified atom stereocenters. The number of halogens is 2. The van der Waals surface area contributed by atoms with Gasteiger partial charge in [-0.2, -0.15) is 0 Å². The van der Waals surface area contributed by atoms with Crippen LogP contribution in [0.5, 0.6) is 0 Å². The Morgan fingerprint density at radius 2 is 2.04 bits per heavy atom. The summed E-state index contributed by atoms with van der Waals surface area (Å²) in [6.07, 6.45) is 3.48. The first-order valence-electron chi connectivity index (χ1n) is 7.70. The molecule has 0 heterocycles. The zero-order chi connectivity index (χ0) is 17.0. The lowest BCUT2D eigenvalue weighted by atomic mass is 9.78. The first-order valence-corrected chi connectivity index (χ1v) is 8.90. The average Bonchev–Trinajstić information content (AvgIpc) is 2.52. The Balaban J connectivity index is 1.86. The zero-order valence-corrected chi connectivity index (χ0v) is 15.6. The van der Waals surface area contributed by atoms with Crippen LogP contribution in [0.1, 0.15) is 43.5 Å². The number of benzene rings is 1. The van der Waals surface area contributed by atoms with Gasteiger partial charge in [-0.25, -0.2) is 4.39 Å². The molecule has 3 atom stereocenters. The maximum atomic E-state index is 13.2. The fourth-order valence-corrected chi connectivity index (χ4v) is 3.47. The van der Waals surface area contributed by atoms with Gasteiger partial charge in [-0.05, 0) is 64.6 Å². The number of carbonyl (C=O) groups is 1. The average molecular weight is 402 g/mol. The Bertz CT molecular complexity index is 599. The van der Waals surface area contributed by atoms with E-state index in [1.54, 1.807) is 0 Å². The molecule has 0 radical (unpaired) electrons. The van der Waals surface area contributed by atoms with E-state index in [9.17, 15) is 9.18 Å². The van der Waals surface area contributed by atoms with Crippen LogP contribution in [0.25, 0.3) is 0 Å². The molecule has 1 saturated carbocycles. The highest BCUT2D eigenvalue weighted by Crippen LogP contribution is 2.29. The summed E-state index contributed by atoms with van der Waals surface area (Å²) in [6, 6.07) is 4.25. The summed E-state index contributed by atoms with van der Waals surface area (Å²) in [7, 11) is 0. The Morgan fingerprint density at radius 1 is 1.30 bits per heavy atom. The third kappa shape index (κ3) is 4.88. The van der Waals surface area contributed by atoms with Crippen molar-refractivity contribution in [2.24, 2.45) is 11.8 Å². The Hall–Kier alpha value is -1.21. The second-order valence-corrected chi connectivity index (χ2v) is 7.31. The fourth-order valence-electron chi connectivity index (χ4n) is 2.84. The van der Waals surface area contributed by atoms with E-state index >= 15 is 0 Å². The van der Waals surface area contributed by atoms with E-state index in [1.807, 2.05) is 0 Å². The highest BCUT2D eigenvalue weighted by atomic mass is 79.9. The first kappa shape index (κ1) is 18.1. The van der Waals surface area contributed by atoms with E-state index in [0.29, 0.717) is 27.5 Å². The summed E-state index contributed by atoms with van der Waals surface area (Å²) in [5.41, 5.74) is 5.39. The molecule has 1 aliphatic rings. The Kier molecular flexibility index (Phi) is 6.35. The second-order valence-electron chi connectivity index (χ2n) is 6.05. The lowest BCUT2D eigenvalue weighted by molar-refractivity contribution is 0.0942. The molecule has 1 amide bonds. The van der Waals surface area contributed by atoms with Gasteiger partial charge in [0, 0.05) is 10.5 Å². The summed E-state index contributed by atoms with van der Waals surface area (Å²) in [5, 5.41) is 3.62. The maximum absolute atomic E-state index is 13.2. The quantitative estimate of drug-likeness (QED) is 0.524. The van der Waals surface area contributed by atoms with Crippen molar-refractivity contribution >= 4 is 39.2 Å². The lowest BCUT2D eigenvalue weighted by Crippen LogP contribution is -2.52. The number of amides is 1. The molecule has 3 N–H and O–H groups in total. The largest absolute Gasteiger partial charge is 0.358 e. The van der Waals surface area contributed by atoms with Gasteiger partial charge in [0.05, 0.1) is 5.56 Å². The van der Waals surface area contributed by atoms with Crippen molar-refractivity contribution in [1.82, 2.24) is 16.2 Å². The van der Waals surface area contributed by atoms with E-state index in [0.717, 1.165) is 6.42 Å². The molecular formula is C16H21BrFN3OS. The van der Waals surface area contributed by atoms with E-state index in [-0.39, 0.29) is 5.56 Å². The normalized spacial score (nSPS) is 23.9. The standard InChI is InChI=1S/C16H21BrFN3OS/c1-9-4-3-5-14(10(9)2)19-16(23)21-20-15(22)12-8-11(18)6-7-13(12)17/h6-10,14H,3-5H2,1-2H3,(H,20,22)(H2,19,21,23)/t9-,10+,14+/m0/s1. The van der Waals surface area contributed by atoms with E-state index < -0.39 is 11.7 Å². The molecule has 0 aliphatic heterocycles. The van der Waals surface area contributed by atoms with Crippen LogP contribution in [0.3, 0.4) is 0 Å². The molecule has 23 heavy (non-hydrogen) atoms. The highest BCUT2D eigenvalue weighted by molar-refractivity contribution is 9.10. The van der Waals surface area contributed by atoms with Crippen molar-refractivity contribution in [3.8, 4) is 0 Å². The number of hydrogen-bond donors (Lipinski definition) is 3. The smallest absolute Gasteiger partial charge is 0.270 e. The highest BCUT2D eigenvalue weighted by Gasteiger charge is 2.27. The zero-order valence-electron chi connectivity index (χ0n) is 13.2. The molecular weight excluding hydrogens is 381 g/mol. The third-order valence-electron chi connectivity index (χ3n) is 4.49. The Labute approximate surface area is 149 Å². The van der Waals surface area contributed by atoms with Gasteiger partial charge in [-0.1, -0.05) is 26.7 Å². The minimum atomic E-state index is -0.468. The topological polar surface area (TPSA) is 53.2 Å². The number of rotatable bonds is 2. The number of carbonyl (C=O) groups excluding carboxylic acids is 1. The summed E-state index contributed by atoms with van der Waals surface area (Å²) >= 11 is 8.46. The van der Waals surface area contributed by atoms with Crippen molar-refractivity contribution in [3.63, 3.8) is 0 Å². The van der Waals surface area contributed by atoms with Gasteiger partial charge in [0.15, 0.2) is 5.11 Å². The van der Waals surface area contributed by atoms with E-state index in [4.69, 9.17) is 12.2 Å². The number of hydrogen-bond acceptors (Lipinski definition) is 2. The van der Waals surface area contributed by atoms with Crippen LogP contribution in [0.4, 0.5) is 4.39 Å². The van der Waals surface area contributed by atoms with Gasteiger partial charge in [-0.15, -0.1) is 0 Å². The van der Waals surface area contributed by atoms with Crippen LogP contribution in [0.2, 0.25) is 0 Å². The van der Waals surface area contributed by atoms with Crippen LogP contribution < -0.4 is 16.2 Å². The van der Waals surface area contributed by atoms with Crippen molar-refractivity contribution in [1.29, 1.82) is 0 Å². The predicted molar refractivity (Wildman–Crippen MR) is 96.4 cm³/mol. The van der Waals surface area contributed by atoms with Crippen LogP contribution in [0, 0.1) is 17.7 Å². The summed E-state index contributed by atoms with van der Waals surface area (Å²) in [6.45, 7) is 4.46. The van der Waals surface area contributed by atoms with E-state index in [2.05, 4.69) is 45.9 Å². The van der Waals surface area contributed by atoms with Gasteiger partial charge in [-0.3, -0.25) is 15.6 Å². The molecule has 7 heteroatoms. The van der Waals surface area contributed by atoms with Crippen molar-refractivity contribution < 1.29 is 9.18 Å². The first-order chi connectivity index (χ1) is 10.9. The predicted octanol–water partition coefficient (Wildman–Crippen LogP) is 3.52. The van der Waals surface area contributed by atoms with Crippen LogP contribution in [-0.4, -0.2) is 17.1 Å². The molecule has 1 aromatic rings. The summed E-state index contributed by atoms with van der Waals surface area (Å²) in [4.78, 5) is 12.1. The number of nitrogens with one attached hydrogen (secondary N) is 3. The molecule has 1 aromatic carbocycles. The van der Waals surface area contributed by atoms with Crippen molar-refractivity contribution in [2.75, 3.05) is 0 Å². The maximum Gasteiger partial charge on any atom is 0.270 e. The summed E-state index contributed by atoms with van der Waals surface area (Å²) < 4.78 is 13.8. The fraction of sp³-hybridized carbons (Fsp3) is 0.500. The molecule has 126 valence electrons. The molecule has 4 nitrogen and oxygen atoms in total. The summed E-state index contributed by atoms with van der Waals surface area (Å²) in [5.74, 6) is 0.258. The molecule has 1 fully saturated rings. The van der Waals surface area contributed by atoms with Crippen molar-refractivity contribution in [2.45, 2.75) is 39.2 Å². The Morgan fingerprint density at radius 3 is 2.78 bits per heavy atom. The second kappa shape index (κ2) is 8.06. The number of thiocarbonyl (C=S) groups is 1. The van der Waals surface area contributed by atoms with E-state index in [1.165, 1.54) is 31.0 Å². The molecule has 1 aliphatic carbocycles.